The van der Waals surface area contributed by atoms with Gasteiger partial charge in [0.05, 0.1) is 17.2 Å². The van der Waals surface area contributed by atoms with Crippen molar-refractivity contribution in [1.29, 1.82) is 0 Å². The summed E-state index contributed by atoms with van der Waals surface area (Å²) in [5.74, 6) is 0.897. The van der Waals surface area contributed by atoms with Gasteiger partial charge in [0.2, 0.25) is 0 Å². The maximum absolute atomic E-state index is 4.67. The van der Waals surface area contributed by atoms with Crippen LogP contribution in [0.15, 0.2) is 67.0 Å². The first-order chi connectivity index (χ1) is 14.2. The molecule has 0 bridgehead atoms. The van der Waals surface area contributed by atoms with Gasteiger partial charge in [0.25, 0.3) is 0 Å². The van der Waals surface area contributed by atoms with E-state index in [1.807, 2.05) is 41.0 Å². The summed E-state index contributed by atoms with van der Waals surface area (Å²) in [6, 6.07) is 18.7. The van der Waals surface area contributed by atoms with Crippen molar-refractivity contribution in [3.05, 3.63) is 83.8 Å². The molecule has 1 atom stereocenters. The highest BCUT2D eigenvalue weighted by molar-refractivity contribution is 5.79. The number of aromatic amines is 1. The number of rotatable bonds is 5. The van der Waals surface area contributed by atoms with E-state index in [-0.39, 0.29) is 6.04 Å². The Hall–Kier alpha value is -3.51. The summed E-state index contributed by atoms with van der Waals surface area (Å²) >= 11 is 0. The van der Waals surface area contributed by atoms with Crippen molar-refractivity contribution in [3.8, 4) is 11.4 Å². The molecule has 0 saturated carbocycles. The Morgan fingerprint density at radius 3 is 2.72 bits per heavy atom. The van der Waals surface area contributed by atoms with Crippen LogP contribution < -0.4 is 5.32 Å². The monoisotopic (exact) mass is 382 g/mol. The van der Waals surface area contributed by atoms with Crippen LogP contribution in [0.1, 0.15) is 29.8 Å². The van der Waals surface area contributed by atoms with E-state index >= 15 is 0 Å². The summed E-state index contributed by atoms with van der Waals surface area (Å²) in [5.41, 5.74) is 7.49. The molecule has 6 nitrogen and oxygen atoms in total. The highest BCUT2D eigenvalue weighted by atomic mass is 15.2. The molecule has 29 heavy (non-hydrogen) atoms. The van der Waals surface area contributed by atoms with Crippen molar-refractivity contribution in [2.24, 2.45) is 0 Å². The number of hydrogen-bond acceptors (Lipinski definition) is 4. The van der Waals surface area contributed by atoms with Crippen LogP contribution in [0.2, 0.25) is 0 Å². The van der Waals surface area contributed by atoms with Crippen molar-refractivity contribution in [3.63, 3.8) is 0 Å². The van der Waals surface area contributed by atoms with Crippen molar-refractivity contribution in [2.75, 3.05) is 0 Å². The number of H-pyrrole nitrogens is 1. The quantitative estimate of drug-likeness (QED) is 0.472. The molecule has 0 saturated heterocycles. The zero-order valence-electron chi connectivity index (χ0n) is 16.4. The standard InChI is InChI=1S/C23H22N6/c1-15(19-14-25-22-11-12-26-29(22)16(19)2)24-13-17-7-9-18(10-8-17)23-27-20-5-3-4-6-21(20)28-23/h3-12,14-15,24H,13H2,1-2H3,(H,27,28). The van der Waals surface area contributed by atoms with Gasteiger partial charge in [0, 0.05) is 41.7 Å². The predicted octanol–water partition coefficient (Wildman–Crippen LogP) is 4.43. The molecule has 0 amide bonds. The first-order valence-corrected chi connectivity index (χ1v) is 9.76. The molecule has 0 aliphatic heterocycles. The lowest BCUT2D eigenvalue weighted by molar-refractivity contribution is 0.565. The lowest BCUT2D eigenvalue weighted by Crippen LogP contribution is -2.20. The van der Waals surface area contributed by atoms with Crippen LogP contribution in [0.3, 0.4) is 0 Å². The molecule has 2 aromatic carbocycles. The number of fused-ring (bicyclic) bond motifs is 2. The molecule has 6 heteroatoms. The molecule has 0 fully saturated rings. The second kappa shape index (κ2) is 7.14. The van der Waals surface area contributed by atoms with Crippen molar-refractivity contribution < 1.29 is 0 Å². The zero-order chi connectivity index (χ0) is 19.8. The summed E-state index contributed by atoms with van der Waals surface area (Å²) < 4.78 is 1.88. The molecule has 5 aromatic rings. The van der Waals surface area contributed by atoms with Gasteiger partial charge in [0.15, 0.2) is 5.65 Å². The van der Waals surface area contributed by atoms with Crippen LogP contribution in [0.5, 0.6) is 0 Å². The molecule has 144 valence electrons. The third kappa shape index (κ3) is 3.28. The third-order valence-electron chi connectivity index (χ3n) is 5.39. The maximum atomic E-state index is 4.67. The normalized spacial score (nSPS) is 12.6. The van der Waals surface area contributed by atoms with Gasteiger partial charge in [-0.3, -0.25) is 0 Å². The summed E-state index contributed by atoms with van der Waals surface area (Å²) in [6.07, 6.45) is 3.72. The molecule has 2 N–H and O–H groups in total. The Labute approximate surface area is 168 Å². The lowest BCUT2D eigenvalue weighted by atomic mass is 10.1. The van der Waals surface area contributed by atoms with Crippen molar-refractivity contribution in [1.82, 2.24) is 29.9 Å². The average Bonchev–Trinajstić information content (AvgIpc) is 3.40. The van der Waals surface area contributed by atoms with Gasteiger partial charge in [-0.2, -0.15) is 5.10 Å². The van der Waals surface area contributed by atoms with Crippen LogP contribution in [0, 0.1) is 6.92 Å². The Kier molecular flexibility index (Phi) is 4.33. The number of hydrogen-bond donors (Lipinski definition) is 2. The summed E-state index contributed by atoms with van der Waals surface area (Å²) in [5, 5.41) is 7.94. The second-order valence-corrected chi connectivity index (χ2v) is 7.30. The van der Waals surface area contributed by atoms with E-state index in [1.54, 1.807) is 6.20 Å². The van der Waals surface area contributed by atoms with Crippen molar-refractivity contribution >= 4 is 16.7 Å². The van der Waals surface area contributed by atoms with Gasteiger partial charge in [-0.15, -0.1) is 0 Å². The topological polar surface area (TPSA) is 70.9 Å². The fourth-order valence-corrected chi connectivity index (χ4v) is 3.68. The number of para-hydroxylation sites is 2. The molecule has 0 radical (unpaired) electrons. The van der Waals surface area contributed by atoms with Gasteiger partial charge < -0.3 is 10.3 Å². The highest BCUT2D eigenvalue weighted by Gasteiger charge is 2.12. The summed E-state index contributed by atoms with van der Waals surface area (Å²) in [4.78, 5) is 12.5. The minimum Gasteiger partial charge on any atom is -0.338 e. The average molecular weight is 382 g/mol. The van der Waals surface area contributed by atoms with Gasteiger partial charge in [-0.1, -0.05) is 36.4 Å². The number of aromatic nitrogens is 5. The molecule has 5 rings (SSSR count). The Bertz CT molecular complexity index is 1250. The van der Waals surface area contributed by atoms with E-state index in [1.165, 1.54) is 5.56 Å². The molecule has 1 unspecified atom stereocenters. The predicted molar refractivity (Wildman–Crippen MR) is 115 cm³/mol. The van der Waals surface area contributed by atoms with Crippen LogP contribution in [-0.2, 0) is 6.54 Å². The van der Waals surface area contributed by atoms with Gasteiger partial charge in [-0.25, -0.2) is 14.5 Å². The van der Waals surface area contributed by atoms with Crippen LogP contribution in [-0.4, -0.2) is 24.6 Å². The van der Waals surface area contributed by atoms with Crippen LogP contribution >= 0.6 is 0 Å². The fraction of sp³-hybridized carbons (Fsp3) is 0.174. The molecular formula is C23H22N6. The van der Waals surface area contributed by atoms with E-state index in [2.05, 4.69) is 63.5 Å². The number of aryl methyl sites for hydroxylation is 1. The lowest BCUT2D eigenvalue weighted by Gasteiger charge is -2.17. The number of nitrogens with one attached hydrogen (secondary N) is 2. The zero-order valence-corrected chi connectivity index (χ0v) is 16.4. The first-order valence-electron chi connectivity index (χ1n) is 9.76. The largest absolute Gasteiger partial charge is 0.338 e. The van der Waals surface area contributed by atoms with Crippen LogP contribution in [0.4, 0.5) is 0 Å². The number of benzene rings is 2. The molecule has 3 aromatic heterocycles. The van der Waals surface area contributed by atoms with Gasteiger partial charge in [-0.05, 0) is 31.5 Å². The van der Waals surface area contributed by atoms with Gasteiger partial charge >= 0.3 is 0 Å². The third-order valence-corrected chi connectivity index (χ3v) is 5.39. The van der Waals surface area contributed by atoms with Crippen molar-refractivity contribution in [2.45, 2.75) is 26.4 Å². The SMILES string of the molecule is Cc1c(C(C)NCc2ccc(-c3nc4ccccc4[nH]3)cc2)cnc2ccnn12. The Balaban J connectivity index is 1.30. The molecule has 3 heterocycles. The van der Waals surface area contributed by atoms with E-state index in [9.17, 15) is 0 Å². The Morgan fingerprint density at radius 1 is 1.07 bits per heavy atom. The fourth-order valence-electron chi connectivity index (χ4n) is 3.68. The molecule has 0 aliphatic carbocycles. The summed E-state index contributed by atoms with van der Waals surface area (Å²) in [7, 11) is 0. The van der Waals surface area contributed by atoms with E-state index in [0.717, 1.165) is 45.9 Å². The minimum absolute atomic E-state index is 0.172. The first kappa shape index (κ1) is 17.6. The molecular weight excluding hydrogens is 360 g/mol. The van der Waals surface area contributed by atoms with E-state index in [0.29, 0.717) is 0 Å². The molecule has 0 aliphatic rings. The minimum atomic E-state index is 0.172. The highest BCUT2D eigenvalue weighted by Crippen LogP contribution is 2.22. The number of nitrogens with zero attached hydrogens (tertiary/aromatic N) is 4. The second-order valence-electron chi connectivity index (χ2n) is 7.30. The smallest absolute Gasteiger partial charge is 0.155 e. The molecule has 0 spiro atoms. The van der Waals surface area contributed by atoms with E-state index in [4.69, 9.17) is 0 Å². The van der Waals surface area contributed by atoms with Gasteiger partial charge in [0.1, 0.15) is 5.82 Å². The Morgan fingerprint density at radius 2 is 1.90 bits per heavy atom. The number of imidazole rings is 1. The summed E-state index contributed by atoms with van der Waals surface area (Å²) in [6.45, 7) is 5.01. The van der Waals surface area contributed by atoms with E-state index < -0.39 is 0 Å². The maximum Gasteiger partial charge on any atom is 0.155 e. The van der Waals surface area contributed by atoms with Crippen LogP contribution in [0.25, 0.3) is 28.1 Å².